The number of methoxy groups -OCH3 is 1. The van der Waals surface area contributed by atoms with Crippen molar-refractivity contribution < 1.29 is 44.6 Å². The molecule has 0 atom stereocenters. The molecule has 0 aromatic carbocycles. The van der Waals surface area contributed by atoms with E-state index in [1.165, 1.54) is 0 Å². The van der Waals surface area contributed by atoms with Crippen LogP contribution in [-0.2, 0) is 6.18 Å². The lowest BCUT2D eigenvalue weighted by atomic mass is 10.2. The van der Waals surface area contributed by atoms with Gasteiger partial charge in [-0.2, -0.15) is 13.2 Å². The molecule has 114 valence electrons. The number of alkyl halides is 8. The second-order valence-corrected chi connectivity index (χ2v) is 3.28. The van der Waals surface area contributed by atoms with Crippen LogP contribution in [0, 0.1) is 0 Å². The van der Waals surface area contributed by atoms with E-state index < -0.39 is 41.9 Å². The van der Waals surface area contributed by atoms with Gasteiger partial charge in [-0.25, -0.2) is 13.8 Å². The van der Waals surface area contributed by atoms with E-state index in [0.29, 0.717) is 7.11 Å². The summed E-state index contributed by atoms with van der Waals surface area (Å²) in [5, 5.41) is 0. The van der Waals surface area contributed by atoms with Crippen molar-refractivity contribution in [2.24, 2.45) is 0 Å². The van der Waals surface area contributed by atoms with Crippen molar-refractivity contribution in [2.75, 3.05) is 7.11 Å². The molecular formula is C9H5F8NO2. The van der Waals surface area contributed by atoms with Gasteiger partial charge in [0.05, 0.1) is 7.11 Å². The zero-order valence-corrected chi connectivity index (χ0v) is 9.44. The van der Waals surface area contributed by atoms with Crippen molar-refractivity contribution in [1.29, 1.82) is 0 Å². The number of halogens is 8. The molecule has 1 rings (SSSR count). The standard InChI is InChI=1S/C9H5F8NO2/c1-19-4-2-3(6(10)11)18-7(20-9(15,16)17)5(4)8(12,13)14/h2,6H,1H3. The Kier molecular flexibility index (Phi) is 4.30. The molecule has 0 aliphatic rings. The van der Waals surface area contributed by atoms with Crippen LogP contribution in [0.5, 0.6) is 11.6 Å². The highest BCUT2D eigenvalue weighted by Crippen LogP contribution is 2.44. The number of hydrogen-bond acceptors (Lipinski definition) is 3. The van der Waals surface area contributed by atoms with Crippen LogP contribution in [0.3, 0.4) is 0 Å². The maximum absolute atomic E-state index is 12.6. The molecule has 1 aromatic rings. The average Bonchev–Trinajstić information content (AvgIpc) is 2.23. The van der Waals surface area contributed by atoms with Crippen molar-refractivity contribution in [2.45, 2.75) is 19.0 Å². The fourth-order valence-electron chi connectivity index (χ4n) is 1.23. The Labute approximate surface area is 106 Å². The van der Waals surface area contributed by atoms with Crippen LogP contribution in [0.2, 0.25) is 0 Å². The van der Waals surface area contributed by atoms with Gasteiger partial charge in [0.25, 0.3) is 6.43 Å². The first-order valence-electron chi connectivity index (χ1n) is 4.65. The minimum absolute atomic E-state index is 0.191. The van der Waals surface area contributed by atoms with Gasteiger partial charge >= 0.3 is 12.5 Å². The van der Waals surface area contributed by atoms with E-state index in [1.54, 1.807) is 0 Å². The zero-order valence-electron chi connectivity index (χ0n) is 9.44. The number of hydrogen-bond donors (Lipinski definition) is 0. The molecule has 1 aromatic heterocycles. The lowest BCUT2D eigenvalue weighted by Crippen LogP contribution is -2.22. The Morgan fingerprint density at radius 2 is 1.65 bits per heavy atom. The molecule has 0 saturated carbocycles. The molecule has 0 N–H and O–H groups in total. The average molecular weight is 311 g/mol. The Morgan fingerprint density at radius 1 is 1.10 bits per heavy atom. The summed E-state index contributed by atoms with van der Waals surface area (Å²) in [4.78, 5) is 2.54. The van der Waals surface area contributed by atoms with E-state index in [9.17, 15) is 35.1 Å². The number of aromatic nitrogens is 1. The van der Waals surface area contributed by atoms with E-state index in [-0.39, 0.29) is 6.07 Å². The summed E-state index contributed by atoms with van der Waals surface area (Å²) < 4.78 is 106. The molecule has 0 aliphatic carbocycles. The van der Waals surface area contributed by atoms with Crippen LogP contribution in [0.4, 0.5) is 35.1 Å². The third kappa shape index (κ3) is 3.84. The Morgan fingerprint density at radius 3 is 2.00 bits per heavy atom. The van der Waals surface area contributed by atoms with Gasteiger partial charge in [-0.15, -0.1) is 13.2 Å². The highest BCUT2D eigenvalue weighted by atomic mass is 19.4. The maximum Gasteiger partial charge on any atom is 0.574 e. The minimum atomic E-state index is -5.53. The van der Waals surface area contributed by atoms with Crippen molar-refractivity contribution in [3.8, 4) is 11.6 Å². The van der Waals surface area contributed by atoms with Crippen LogP contribution in [0.1, 0.15) is 17.7 Å². The second-order valence-electron chi connectivity index (χ2n) is 3.28. The van der Waals surface area contributed by atoms with Crippen molar-refractivity contribution in [1.82, 2.24) is 4.98 Å². The van der Waals surface area contributed by atoms with E-state index >= 15 is 0 Å². The normalized spacial score (nSPS) is 12.7. The van der Waals surface area contributed by atoms with Crippen molar-refractivity contribution >= 4 is 0 Å². The first-order chi connectivity index (χ1) is 8.95. The molecule has 0 amide bonds. The van der Waals surface area contributed by atoms with Crippen molar-refractivity contribution in [3.63, 3.8) is 0 Å². The summed E-state index contributed by atoms with van der Waals surface area (Å²) in [6, 6.07) is 0.191. The molecule has 0 radical (unpaired) electrons. The number of rotatable bonds is 3. The lowest BCUT2D eigenvalue weighted by Gasteiger charge is -2.18. The summed E-state index contributed by atoms with van der Waals surface area (Å²) in [6.45, 7) is 0. The summed E-state index contributed by atoms with van der Waals surface area (Å²) >= 11 is 0. The summed E-state index contributed by atoms with van der Waals surface area (Å²) in [5.41, 5.74) is -3.36. The summed E-state index contributed by atoms with van der Waals surface area (Å²) in [7, 11) is 0.678. The molecule has 1 heterocycles. The molecule has 20 heavy (non-hydrogen) atoms. The van der Waals surface area contributed by atoms with Gasteiger partial charge in [-0.05, 0) is 0 Å². The zero-order chi connectivity index (χ0) is 15.7. The van der Waals surface area contributed by atoms with Gasteiger partial charge in [0, 0.05) is 6.07 Å². The third-order valence-electron chi connectivity index (χ3n) is 1.91. The molecule has 0 unspecified atom stereocenters. The molecule has 0 saturated heterocycles. The minimum Gasteiger partial charge on any atom is -0.496 e. The molecule has 0 spiro atoms. The smallest absolute Gasteiger partial charge is 0.496 e. The molecule has 11 heteroatoms. The monoisotopic (exact) mass is 311 g/mol. The number of nitrogens with zero attached hydrogens (tertiary/aromatic N) is 1. The number of ether oxygens (including phenoxy) is 2. The lowest BCUT2D eigenvalue weighted by molar-refractivity contribution is -0.278. The summed E-state index contributed by atoms with van der Waals surface area (Å²) in [6.07, 6.45) is -14.3. The molecule has 0 bridgehead atoms. The topological polar surface area (TPSA) is 31.4 Å². The van der Waals surface area contributed by atoms with E-state index in [4.69, 9.17) is 0 Å². The van der Waals surface area contributed by atoms with Gasteiger partial charge in [-0.1, -0.05) is 0 Å². The van der Waals surface area contributed by atoms with Gasteiger partial charge < -0.3 is 9.47 Å². The third-order valence-corrected chi connectivity index (χ3v) is 1.91. The van der Waals surface area contributed by atoms with Crippen LogP contribution < -0.4 is 9.47 Å². The van der Waals surface area contributed by atoms with Crippen molar-refractivity contribution in [3.05, 3.63) is 17.3 Å². The quantitative estimate of drug-likeness (QED) is 0.792. The largest absolute Gasteiger partial charge is 0.574 e. The van der Waals surface area contributed by atoms with E-state index in [1.807, 2.05) is 0 Å². The van der Waals surface area contributed by atoms with Crippen LogP contribution in [-0.4, -0.2) is 18.5 Å². The maximum atomic E-state index is 12.6. The highest BCUT2D eigenvalue weighted by molar-refractivity contribution is 5.44. The Bertz CT molecular complexity index is 482. The molecule has 0 aliphatic heterocycles. The first kappa shape index (κ1) is 16.2. The second kappa shape index (κ2) is 5.29. The number of pyridine rings is 1. The molecular weight excluding hydrogens is 306 g/mol. The predicted molar refractivity (Wildman–Crippen MR) is 47.4 cm³/mol. The van der Waals surface area contributed by atoms with E-state index in [2.05, 4.69) is 14.5 Å². The molecule has 0 fully saturated rings. The Balaban J connectivity index is 3.53. The van der Waals surface area contributed by atoms with Gasteiger partial charge in [0.1, 0.15) is 11.4 Å². The summed E-state index contributed by atoms with van der Waals surface area (Å²) in [5.74, 6) is -3.29. The molecule has 3 nitrogen and oxygen atoms in total. The SMILES string of the molecule is COc1cc(C(F)F)nc(OC(F)(F)F)c1C(F)(F)F. The Hall–Kier alpha value is -1.81. The van der Waals surface area contributed by atoms with Crippen LogP contribution in [0.15, 0.2) is 6.07 Å². The predicted octanol–water partition coefficient (Wildman–Crippen LogP) is 3.95. The van der Waals surface area contributed by atoms with Crippen LogP contribution in [0.25, 0.3) is 0 Å². The first-order valence-corrected chi connectivity index (χ1v) is 4.65. The van der Waals surface area contributed by atoms with Gasteiger partial charge in [0.15, 0.2) is 5.56 Å². The van der Waals surface area contributed by atoms with Gasteiger partial charge in [0.2, 0.25) is 5.88 Å². The van der Waals surface area contributed by atoms with E-state index in [0.717, 1.165) is 0 Å². The van der Waals surface area contributed by atoms with Crippen LogP contribution >= 0.6 is 0 Å². The highest BCUT2D eigenvalue weighted by Gasteiger charge is 2.44. The fraction of sp³-hybridized carbons (Fsp3) is 0.444. The van der Waals surface area contributed by atoms with Gasteiger partial charge in [-0.3, -0.25) is 0 Å². The fourth-order valence-corrected chi connectivity index (χ4v) is 1.23.